The zero-order valence-electron chi connectivity index (χ0n) is 12.3. The number of rotatable bonds is 3. The summed E-state index contributed by atoms with van der Waals surface area (Å²) in [6, 6.07) is 6.42. The van der Waals surface area contributed by atoms with Crippen molar-refractivity contribution in [3.63, 3.8) is 0 Å². The molecule has 1 aromatic rings. The second-order valence-electron chi connectivity index (χ2n) is 5.63. The topological polar surface area (TPSA) is 83.6 Å². The number of para-hydroxylation sites is 1. The molecule has 1 aliphatic rings. The standard InChI is InChI=1S/C16H22N2O3/c1-18(14-10-6-5-8-12(14)16(20)21)15(19)11-7-3-2-4-9-13(11)17/h5-6,8,10-11,13H,2-4,7,9,17H2,1H3,(H,20,21). The summed E-state index contributed by atoms with van der Waals surface area (Å²) >= 11 is 0. The molecule has 2 rings (SSSR count). The minimum absolute atomic E-state index is 0.0851. The van der Waals surface area contributed by atoms with E-state index in [4.69, 9.17) is 5.73 Å². The SMILES string of the molecule is CN(C(=O)C1CCCCCC1N)c1ccccc1C(=O)O. The van der Waals surface area contributed by atoms with Gasteiger partial charge in [0.25, 0.3) is 0 Å². The van der Waals surface area contributed by atoms with Crippen LogP contribution in [0, 0.1) is 5.92 Å². The quantitative estimate of drug-likeness (QED) is 0.836. The van der Waals surface area contributed by atoms with Gasteiger partial charge in [0.05, 0.1) is 17.2 Å². The molecule has 0 heterocycles. The fourth-order valence-corrected chi connectivity index (χ4v) is 2.96. The first kappa shape index (κ1) is 15.5. The van der Waals surface area contributed by atoms with Gasteiger partial charge in [0.1, 0.15) is 0 Å². The average molecular weight is 290 g/mol. The number of amides is 1. The van der Waals surface area contributed by atoms with Crippen molar-refractivity contribution in [1.29, 1.82) is 0 Å². The molecule has 21 heavy (non-hydrogen) atoms. The summed E-state index contributed by atoms with van der Waals surface area (Å²) in [5.41, 5.74) is 6.69. The predicted molar refractivity (Wildman–Crippen MR) is 81.4 cm³/mol. The number of carboxylic acids is 1. The van der Waals surface area contributed by atoms with Gasteiger partial charge in [-0.1, -0.05) is 31.4 Å². The van der Waals surface area contributed by atoms with Crippen molar-refractivity contribution in [1.82, 2.24) is 0 Å². The summed E-state index contributed by atoms with van der Waals surface area (Å²) in [5.74, 6) is -1.34. The smallest absolute Gasteiger partial charge is 0.337 e. The molecule has 1 aliphatic carbocycles. The van der Waals surface area contributed by atoms with E-state index < -0.39 is 5.97 Å². The average Bonchev–Trinajstić information content (AvgIpc) is 2.70. The number of nitrogens with two attached hydrogens (primary N) is 1. The molecule has 0 saturated heterocycles. The van der Waals surface area contributed by atoms with Crippen molar-refractivity contribution in [2.24, 2.45) is 11.7 Å². The molecular formula is C16H22N2O3. The molecule has 5 nitrogen and oxygen atoms in total. The van der Waals surface area contributed by atoms with Gasteiger partial charge in [-0.05, 0) is 25.0 Å². The van der Waals surface area contributed by atoms with Gasteiger partial charge in [-0.3, -0.25) is 4.79 Å². The monoisotopic (exact) mass is 290 g/mol. The van der Waals surface area contributed by atoms with E-state index in [1.54, 1.807) is 25.2 Å². The van der Waals surface area contributed by atoms with Crippen molar-refractivity contribution in [3.8, 4) is 0 Å². The molecule has 1 amide bonds. The summed E-state index contributed by atoms with van der Waals surface area (Å²) in [6.07, 6.45) is 4.79. The Morgan fingerprint density at radius 3 is 2.57 bits per heavy atom. The maximum absolute atomic E-state index is 12.7. The van der Waals surface area contributed by atoms with Crippen molar-refractivity contribution in [2.75, 3.05) is 11.9 Å². The number of nitrogens with zero attached hydrogens (tertiary/aromatic N) is 1. The summed E-state index contributed by atoms with van der Waals surface area (Å²) < 4.78 is 0. The predicted octanol–water partition coefficient (Wildman–Crippen LogP) is 2.26. The highest BCUT2D eigenvalue weighted by Crippen LogP contribution is 2.27. The molecule has 0 aliphatic heterocycles. The Morgan fingerprint density at radius 2 is 1.86 bits per heavy atom. The van der Waals surface area contributed by atoms with Crippen molar-refractivity contribution < 1.29 is 14.7 Å². The number of anilines is 1. The van der Waals surface area contributed by atoms with Gasteiger partial charge in [-0.2, -0.15) is 0 Å². The molecule has 5 heteroatoms. The van der Waals surface area contributed by atoms with Gasteiger partial charge in [-0.25, -0.2) is 4.79 Å². The van der Waals surface area contributed by atoms with Crippen LogP contribution in [0.25, 0.3) is 0 Å². The lowest BCUT2D eigenvalue weighted by Crippen LogP contribution is -2.42. The van der Waals surface area contributed by atoms with Gasteiger partial charge in [-0.15, -0.1) is 0 Å². The van der Waals surface area contributed by atoms with Crippen LogP contribution in [-0.4, -0.2) is 30.1 Å². The molecule has 2 atom stereocenters. The van der Waals surface area contributed by atoms with Crippen LogP contribution in [0.1, 0.15) is 42.5 Å². The summed E-state index contributed by atoms with van der Waals surface area (Å²) in [5, 5.41) is 9.24. The first-order valence-corrected chi connectivity index (χ1v) is 7.38. The molecule has 0 spiro atoms. The van der Waals surface area contributed by atoms with Crippen LogP contribution in [0.15, 0.2) is 24.3 Å². The number of carbonyl (C=O) groups is 2. The van der Waals surface area contributed by atoms with E-state index >= 15 is 0 Å². The zero-order chi connectivity index (χ0) is 15.4. The van der Waals surface area contributed by atoms with Crippen molar-refractivity contribution >= 4 is 17.6 Å². The highest BCUT2D eigenvalue weighted by molar-refractivity contribution is 6.02. The highest BCUT2D eigenvalue weighted by atomic mass is 16.4. The Kier molecular flexibility index (Phi) is 4.96. The Morgan fingerprint density at radius 1 is 1.19 bits per heavy atom. The molecular weight excluding hydrogens is 268 g/mol. The normalized spacial score (nSPS) is 22.4. The Hall–Kier alpha value is -1.88. The van der Waals surface area contributed by atoms with E-state index in [0.717, 1.165) is 32.1 Å². The minimum Gasteiger partial charge on any atom is -0.478 e. The third-order valence-electron chi connectivity index (χ3n) is 4.21. The molecule has 1 saturated carbocycles. The molecule has 3 N–H and O–H groups in total. The summed E-state index contributed by atoms with van der Waals surface area (Å²) in [6.45, 7) is 0. The van der Waals surface area contributed by atoms with Crippen LogP contribution in [0.3, 0.4) is 0 Å². The second kappa shape index (κ2) is 6.72. The largest absolute Gasteiger partial charge is 0.478 e. The van der Waals surface area contributed by atoms with Crippen molar-refractivity contribution in [2.45, 2.75) is 38.1 Å². The first-order valence-electron chi connectivity index (χ1n) is 7.38. The Bertz CT molecular complexity index is 530. The van der Waals surface area contributed by atoms with Crippen LogP contribution >= 0.6 is 0 Å². The highest BCUT2D eigenvalue weighted by Gasteiger charge is 2.30. The molecule has 1 fully saturated rings. The third kappa shape index (κ3) is 3.42. The molecule has 114 valence electrons. The van der Waals surface area contributed by atoms with Gasteiger partial charge < -0.3 is 15.7 Å². The summed E-state index contributed by atoms with van der Waals surface area (Å²) in [7, 11) is 1.63. The third-order valence-corrected chi connectivity index (χ3v) is 4.21. The number of benzene rings is 1. The van der Waals surface area contributed by atoms with Crippen LogP contribution in [0.4, 0.5) is 5.69 Å². The van der Waals surface area contributed by atoms with Gasteiger partial charge in [0, 0.05) is 13.1 Å². The fourth-order valence-electron chi connectivity index (χ4n) is 2.96. The number of carboxylic acid groups (broad SMARTS) is 1. The van der Waals surface area contributed by atoms with Crippen LogP contribution in [0.2, 0.25) is 0 Å². The molecule has 0 radical (unpaired) electrons. The number of hydrogen-bond donors (Lipinski definition) is 2. The van der Waals surface area contributed by atoms with E-state index in [1.165, 1.54) is 11.0 Å². The first-order chi connectivity index (χ1) is 10.0. The van der Waals surface area contributed by atoms with E-state index in [-0.39, 0.29) is 23.4 Å². The van der Waals surface area contributed by atoms with Gasteiger partial charge in [0.15, 0.2) is 0 Å². The van der Waals surface area contributed by atoms with Crippen LogP contribution in [-0.2, 0) is 4.79 Å². The Labute approximate surface area is 124 Å². The van der Waals surface area contributed by atoms with E-state index in [2.05, 4.69) is 0 Å². The zero-order valence-corrected chi connectivity index (χ0v) is 12.3. The maximum atomic E-state index is 12.7. The minimum atomic E-state index is -1.03. The van der Waals surface area contributed by atoms with Gasteiger partial charge >= 0.3 is 5.97 Å². The molecule has 0 aromatic heterocycles. The Balaban J connectivity index is 2.24. The van der Waals surface area contributed by atoms with Crippen LogP contribution < -0.4 is 10.6 Å². The van der Waals surface area contributed by atoms with Gasteiger partial charge in [0.2, 0.25) is 5.91 Å². The lowest BCUT2D eigenvalue weighted by molar-refractivity contribution is -0.122. The second-order valence-corrected chi connectivity index (χ2v) is 5.63. The van der Waals surface area contributed by atoms with E-state index in [1.807, 2.05) is 0 Å². The summed E-state index contributed by atoms with van der Waals surface area (Å²) in [4.78, 5) is 25.4. The van der Waals surface area contributed by atoms with Crippen LogP contribution in [0.5, 0.6) is 0 Å². The van der Waals surface area contributed by atoms with Crippen molar-refractivity contribution in [3.05, 3.63) is 29.8 Å². The lowest BCUT2D eigenvalue weighted by atomic mass is 9.93. The van der Waals surface area contributed by atoms with E-state index in [9.17, 15) is 14.7 Å². The molecule has 0 bridgehead atoms. The molecule has 1 aromatic carbocycles. The molecule has 2 unspecified atom stereocenters. The number of aromatic carboxylic acids is 1. The van der Waals surface area contributed by atoms with E-state index in [0.29, 0.717) is 5.69 Å². The fraction of sp³-hybridized carbons (Fsp3) is 0.500. The lowest BCUT2D eigenvalue weighted by Gasteiger charge is -2.27. The maximum Gasteiger partial charge on any atom is 0.337 e. The number of hydrogen-bond acceptors (Lipinski definition) is 3. The number of carbonyl (C=O) groups excluding carboxylic acids is 1.